The maximum atomic E-state index is 13.0. The number of rotatable bonds is 3. The van der Waals surface area contributed by atoms with Gasteiger partial charge >= 0.3 is 0 Å². The molecule has 6 nitrogen and oxygen atoms in total. The smallest absolute Gasteiger partial charge is 0.261 e. The molecule has 7 heteroatoms. The largest absolute Gasteiger partial charge is 0.293 e. The van der Waals surface area contributed by atoms with E-state index >= 15 is 0 Å². The first-order valence-corrected chi connectivity index (χ1v) is 7.30. The molecular weight excluding hydrogens is 309 g/mol. The summed E-state index contributed by atoms with van der Waals surface area (Å²) < 4.78 is 16.1. The molecule has 0 spiro atoms. The molecule has 0 aliphatic carbocycles. The molecule has 3 heterocycles. The number of benzene rings is 1. The Labute approximate surface area is 135 Å². The van der Waals surface area contributed by atoms with E-state index in [0.717, 1.165) is 5.69 Å². The van der Waals surface area contributed by atoms with Crippen LogP contribution in [0, 0.1) is 5.82 Å². The lowest BCUT2D eigenvalue weighted by Crippen LogP contribution is -2.21. The minimum atomic E-state index is -0.297. The highest BCUT2D eigenvalue weighted by atomic mass is 19.1. The average molecular weight is 321 g/mol. The van der Waals surface area contributed by atoms with Crippen LogP contribution in [0.15, 0.2) is 66.1 Å². The molecule has 0 saturated carbocycles. The highest BCUT2D eigenvalue weighted by Gasteiger charge is 2.07. The molecule has 0 aliphatic heterocycles. The number of halogens is 1. The minimum absolute atomic E-state index is 0.140. The first-order valence-electron chi connectivity index (χ1n) is 7.30. The molecule has 24 heavy (non-hydrogen) atoms. The third-order valence-electron chi connectivity index (χ3n) is 3.70. The Bertz CT molecular complexity index is 1070. The van der Waals surface area contributed by atoms with Gasteiger partial charge in [0.1, 0.15) is 5.82 Å². The zero-order chi connectivity index (χ0) is 16.5. The Kier molecular flexibility index (Phi) is 3.38. The molecule has 4 aromatic rings. The van der Waals surface area contributed by atoms with E-state index < -0.39 is 0 Å². The Balaban J connectivity index is 1.66. The van der Waals surface area contributed by atoms with Crippen LogP contribution in [0.2, 0.25) is 0 Å². The Hall–Kier alpha value is -3.35. The predicted molar refractivity (Wildman–Crippen MR) is 86.4 cm³/mol. The summed E-state index contributed by atoms with van der Waals surface area (Å²) in [4.78, 5) is 20.7. The number of hydrogen-bond acceptors (Lipinski definition) is 4. The molecule has 0 unspecified atom stereocenters. The van der Waals surface area contributed by atoms with Gasteiger partial charge in [0.25, 0.3) is 5.56 Å². The van der Waals surface area contributed by atoms with Crippen LogP contribution in [0.25, 0.3) is 16.6 Å². The maximum Gasteiger partial charge on any atom is 0.261 e. The van der Waals surface area contributed by atoms with E-state index in [-0.39, 0.29) is 11.4 Å². The second-order valence-corrected chi connectivity index (χ2v) is 5.30. The van der Waals surface area contributed by atoms with Crippen molar-refractivity contribution in [1.29, 1.82) is 0 Å². The van der Waals surface area contributed by atoms with Crippen molar-refractivity contribution in [2.45, 2.75) is 6.54 Å². The van der Waals surface area contributed by atoms with Crippen molar-refractivity contribution in [3.63, 3.8) is 0 Å². The fourth-order valence-electron chi connectivity index (χ4n) is 2.48. The molecule has 3 aromatic heterocycles. The molecule has 0 radical (unpaired) electrons. The zero-order valence-electron chi connectivity index (χ0n) is 12.5. The van der Waals surface area contributed by atoms with E-state index in [4.69, 9.17) is 0 Å². The molecule has 0 fully saturated rings. The van der Waals surface area contributed by atoms with E-state index in [0.29, 0.717) is 23.1 Å². The second kappa shape index (κ2) is 5.69. The predicted octanol–water partition coefficient (Wildman–Crippen LogP) is 2.16. The van der Waals surface area contributed by atoms with Gasteiger partial charge < -0.3 is 0 Å². The van der Waals surface area contributed by atoms with E-state index in [2.05, 4.69) is 15.1 Å². The van der Waals surface area contributed by atoms with Crippen LogP contribution in [0.1, 0.15) is 5.69 Å². The molecular formula is C17H12FN5O. The zero-order valence-corrected chi connectivity index (χ0v) is 12.5. The third-order valence-corrected chi connectivity index (χ3v) is 3.70. The average Bonchev–Trinajstić information content (AvgIpc) is 3.07. The lowest BCUT2D eigenvalue weighted by Gasteiger charge is -2.04. The normalized spacial score (nSPS) is 11.0. The summed E-state index contributed by atoms with van der Waals surface area (Å²) in [5.41, 5.74) is 1.88. The fourth-order valence-corrected chi connectivity index (χ4v) is 2.48. The molecule has 1 aromatic carbocycles. The third kappa shape index (κ3) is 2.56. The lowest BCUT2D eigenvalue weighted by atomic mass is 10.3. The monoisotopic (exact) mass is 321 g/mol. The summed E-state index contributed by atoms with van der Waals surface area (Å²) >= 11 is 0. The highest BCUT2D eigenvalue weighted by molar-refractivity contribution is 5.75. The number of hydrogen-bond donors (Lipinski definition) is 0. The summed E-state index contributed by atoms with van der Waals surface area (Å²) in [5.74, 6) is -0.297. The molecule has 0 bridgehead atoms. The van der Waals surface area contributed by atoms with Crippen LogP contribution in [-0.4, -0.2) is 24.3 Å². The molecule has 0 amide bonds. The van der Waals surface area contributed by atoms with Gasteiger partial charge in [0.15, 0.2) is 0 Å². The molecule has 4 rings (SSSR count). The van der Waals surface area contributed by atoms with Crippen LogP contribution < -0.4 is 5.56 Å². The van der Waals surface area contributed by atoms with E-state index in [1.54, 1.807) is 41.5 Å². The molecule has 0 N–H and O–H groups in total. The topological polar surface area (TPSA) is 65.6 Å². The number of aromatic nitrogens is 5. The highest BCUT2D eigenvalue weighted by Crippen LogP contribution is 2.10. The molecule has 0 atom stereocenters. The van der Waals surface area contributed by atoms with Crippen molar-refractivity contribution in [3.05, 3.63) is 83.2 Å². The van der Waals surface area contributed by atoms with Crippen LogP contribution in [0.3, 0.4) is 0 Å². The van der Waals surface area contributed by atoms with Crippen molar-refractivity contribution < 1.29 is 4.39 Å². The molecule has 0 aliphatic rings. The van der Waals surface area contributed by atoms with Crippen molar-refractivity contribution in [1.82, 2.24) is 24.3 Å². The van der Waals surface area contributed by atoms with Gasteiger partial charge in [0.2, 0.25) is 0 Å². The Morgan fingerprint density at radius 2 is 1.92 bits per heavy atom. The second-order valence-electron chi connectivity index (χ2n) is 5.30. The standard InChI is InChI=1S/C17H12FN5O/c18-12-1-3-14(4-2-12)23-8-6-13(21-23)10-22-11-20-16-9-19-7-5-15(16)17(22)24/h1-9,11H,10H2. The first-order chi connectivity index (χ1) is 11.7. The van der Waals surface area contributed by atoms with Crippen LogP contribution in [0.4, 0.5) is 4.39 Å². The van der Waals surface area contributed by atoms with Crippen molar-refractivity contribution in [3.8, 4) is 5.69 Å². The Morgan fingerprint density at radius 3 is 2.75 bits per heavy atom. The van der Waals surface area contributed by atoms with Gasteiger partial charge in [-0.15, -0.1) is 0 Å². The summed E-state index contributed by atoms with van der Waals surface area (Å²) in [6.07, 6.45) is 6.39. The van der Waals surface area contributed by atoms with Gasteiger partial charge in [-0.3, -0.25) is 14.3 Å². The van der Waals surface area contributed by atoms with Gasteiger partial charge in [-0.25, -0.2) is 14.1 Å². The van der Waals surface area contributed by atoms with Gasteiger partial charge in [0.05, 0.1) is 41.4 Å². The summed E-state index contributed by atoms with van der Waals surface area (Å²) in [5, 5.41) is 4.94. The van der Waals surface area contributed by atoms with Crippen molar-refractivity contribution >= 4 is 10.9 Å². The SMILES string of the molecule is O=c1c2ccncc2ncn1Cc1ccn(-c2ccc(F)cc2)n1. The van der Waals surface area contributed by atoms with Crippen molar-refractivity contribution in [2.24, 2.45) is 0 Å². The fraction of sp³-hybridized carbons (Fsp3) is 0.0588. The number of fused-ring (bicyclic) bond motifs is 1. The van der Waals surface area contributed by atoms with Crippen LogP contribution in [-0.2, 0) is 6.54 Å². The first kappa shape index (κ1) is 14.3. The number of nitrogens with zero attached hydrogens (tertiary/aromatic N) is 5. The van der Waals surface area contributed by atoms with E-state index in [1.165, 1.54) is 23.0 Å². The van der Waals surface area contributed by atoms with Crippen LogP contribution in [0.5, 0.6) is 0 Å². The molecule has 118 valence electrons. The number of pyridine rings is 1. The maximum absolute atomic E-state index is 13.0. The Morgan fingerprint density at radius 1 is 1.08 bits per heavy atom. The molecule has 0 saturated heterocycles. The van der Waals surface area contributed by atoms with E-state index in [1.807, 2.05) is 6.07 Å². The van der Waals surface area contributed by atoms with E-state index in [9.17, 15) is 9.18 Å². The van der Waals surface area contributed by atoms with Gasteiger partial charge in [-0.1, -0.05) is 0 Å². The summed E-state index contributed by atoms with van der Waals surface area (Å²) in [6.45, 7) is 0.304. The van der Waals surface area contributed by atoms with Crippen molar-refractivity contribution in [2.75, 3.05) is 0 Å². The summed E-state index contributed by atoms with van der Waals surface area (Å²) in [6, 6.07) is 9.50. The van der Waals surface area contributed by atoms with Gasteiger partial charge in [-0.05, 0) is 36.4 Å². The lowest BCUT2D eigenvalue weighted by molar-refractivity contribution is 0.627. The van der Waals surface area contributed by atoms with Gasteiger partial charge in [0, 0.05) is 12.4 Å². The quantitative estimate of drug-likeness (QED) is 0.580. The minimum Gasteiger partial charge on any atom is -0.293 e. The summed E-state index contributed by atoms with van der Waals surface area (Å²) in [7, 11) is 0. The van der Waals surface area contributed by atoms with Crippen LogP contribution >= 0.6 is 0 Å². The van der Waals surface area contributed by atoms with Gasteiger partial charge in [-0.2, -0.15) is 5.10 Å².